The second-order valence-electron chi connectivity index (χ2n) is 5.11. The molecule has 0 radical (unpaired) electrons. The normalized spacial score (nSPS) is 22.5. The first-order valence-electron chi connectivity index (χ1n) is 6.29. The maximum Gasteiger partial charge on any atom is 0.415 e. The number of likely N-dealkylation sites (N-methyl/N-ethyl adjacent to an activating group) is 1. The van der Waals surface area contributed by atoms with Crippen molar-refractivity contribution in [1.82, 2.24) is 5.32 Å². The number of hydrogen-bond acceptors (Lipinski definition) is 4. The monoisotopic (exact) mass is 264 g/mol. The number of nitrogens with one attached hydrogen (secondary N) is 1. The molecule has 5 nitrogen and oxygen atoms in total. The van der Waals surface area contributed by atoms with Crippen LogP contribution >= 0.6 is 0 Å². The summed E-state index contributed by atoms with van der Waals surface area (Å²) in [6.45, 7) is 5.02. The highest BCUT2D eigenvalue weighted by Gasteiger charge is 2.42. The van der Waals surface area contributed by atoms with Crippen LogP contribution in [0, 0.1) is 6.92 Å². The van der Waals surface area contributed by atoms with Crippen LogP contribution in [-0.2, 0) is 4.74 Å². The van der Waals surface area contributed by atoms with Gasteiger partial charge in [-0.25, -0.2) is 4.79 Å². The van der Waals surface area contributed by atoms with E-state index >= 15 is 0 Å². The Labute approximate surface area is 113 Å². The lowest BCUT2D eigenvalue weighted by Crippen LogP contribution is -2.40. The number of ether oxygens (including phenoxy) is 2. The minimum absolute atomic E-state index is 0.332. The summed E-state index contributed by atoms with van der Waals surface area (Å²) in [5, 5.41) is 3.05. The standard InChI is InChI=1S/C14H20N2O3/c1-10-5-6-12(18-4)11(7-10)16-9-14(2,8-15-3)19-13(16)17/h5-7,15H,8-9H2,1-4H3. The lowest BCUT2D eigenvalue weighted by atomic mass is 10.1. The number of benzene rings is 1. The lowest BCUT2D eigenvalue weighted by Gasteiger charge is -2.21. The Morgan fingerprint density at radius 1 is 1.53 bits per heavy atom. The Morgan fingerprint density at radius 3 is 2.89 bits per heavy atom. The summed E-state index contributed by atoms with van der Waals surface area (Å²) >= 11 is 0. The van der Waals surface area contributed by atoms with Gasteiger partial charge in [0, 0.05) is 6.54 Å². The summed E-state index contributed by atoms with van der Waals surface area (Å²) in [6.07, 6.45) is -0.332. The Hall–Kier alpha value is -1.75. The van der Waals surface area contributed by atoms with Gasteiger partial charge in [-0.2, -0.15) is 0 Å². The summed E-state index contributed by atoms with van der Waals surface area (Å²) in [4.78, 5) is 13.7. The molecule has 0 saturated carbocycles. The van der Waals surface area contributed by atoms with Gasteiger partial charge < -0.3 is 14.8 Å². The van der Waals surface area contributed by atoms with E-state index in [4.69, 9.17) is 9.47 Å². The number of amides is 1. The summed E-state index contributed by atoms with van der Waals surface area (Å²) in [5.41, 5.74) is 1.32. The fraction of sp³-hybridized carbons (Fsp3) is 0.500. The molecule has 1 aliphatic rings. The zero-order valence-electron chi connectivity index (χ0n) is 11.8. The van der Waals surface area contributed by atoms with Gasteiger partial charge in [0.15, 0.2) is 0 Å². The van der Waals surface area contributed by atoms with Crippen LogP contribution < -0.4 is 15.0 Å². The van der Waals surface area contributed by atoms with E-state index in [2.05, 4.69) is 5.32 Å². The van der Waals surface area contributed by atoms with E-state index in [1.807, 2.05) is 39.1 Å². The summed E-state index contributed by atoms with van der Waals surface area (Å²) < 4.78 is 10.8. The molecule has 5 heteroatoms. The average Bonchev–Trinajstić information content (AvgIpc) is 2.65. The van der Waals surface area contributed by atoms with Crippen molar-refractivity contribution in [2.75, 3.05) is 32.1 Å². The molecule has 1 aromatic carbocycles. The zero-order chi connectivity index (χ0) is 14.0. The Bertz CT molecular complexity index is 490. The molecule has 0 aromatic heterocycles. The number of nitrogens with zero attached hydrogens (tertiary/aromatic N) is 1. The third-order valence-electron chi connectivity index (χ3n) is 3.22. The predicted octanol–water partition coefficient (Wildman–Crippen LogP) is 1.94. The van der Waals surface area contributed by atoms with Gasteiger partial charge in [0.05, 0.1) is 19.3 Å². The van der Waals surface area contributed by atoms with Crippen molar-refractivity contribution in [3.63, 3.8) is 0 Å². The van der Waals surface area contributed by atoms with Crippen LogP contribution in [0.4, 0.5) is 10.5 Å². The topological polar surface area (TPSA) is 50.8 Å². The molecule has 1 atom stereocenters. The maximum absolute atomic E-state index is 12.1. The number of carbonyl (C=O) groups excluding carboxylic acids is 1. The van der Waals surface area contributed by atoms with Gasteiger partial charge in [0.1, 0.15) is 11.4 Å². The fourth-order valence-corrected chi connectivity index (χ4v) is 2.36. The first-order valence-corrected chi connectivity index (χ1v) is 6.29. The molecule has 0 aliphatic carbocycles. The second-order valence-corrected chi connectivity index (χ2v) is 5.11. The second kappa shape index (κ2) is 5.09. The van der Waals surface area contributed by atoms with Crippen LogP contribution in [0.5, 0.6) is 5.75 Å². The van der Waals surface area contributed by atoms with Crippen molar-refractivity contribution in [1.29, 1.82) is 0 Å². The van der Waals surface area contributed by atoms with Crippen LogP contribution in [0.2, 0.25) is 0 Å². The van der Waals surface area contributed by atoms with Crippen LogP contribution in [0.15, 0.2) is 18.2 Å². The molecule has 2 rings (SSSR count). The minimum atomic E-state index is -0.513. The van der Waals surface area contributed by atoms with Crippen molar-refractivity contribution in [2.24, 2.45) is 0 Å². The molecule has 1 fully saturated rings. The van der Waals surface area contributed by atoms with Crippen molar-refractivity contribution in [3.05, 3.63) is 23.8 Å². The van der Waals surface area contributed by atoms with E-state index in [9.17, 15) is 4.79 Å². The number of aryl methyl sites for hydroxylation is 1. The quantitative estimate of drug-likeness (QED) is 0.903. The highest BCUT2D eigenvalue weighted by atomic mass is 16.6. The molecule has 104 valence electrons. The smallest absolute Gasteiger partial charge is 0.415 e. The van der Waals surface area contributed by atoms with Gasteiger partial charge in [-0.3, -0.25) is 4.90 Å². The van der Waals surface area contributed by atoms with Gasteiger partial charge in [0.25, 0.3) is 0 Å². The van der Waals surface area contributed by atoms with Gasteiger partial charge in [0.2, 0.25) is 0 Å². The fourth-order valence-electron chi connectivity index (χ4n) is 2.36. The molecule has 1 aliphatic heterocycles. The van der Waals surface area contributed by atoms with Gasteiger partial charge >= 0.3 is 6.09 Å². The van der Waals surface area contributed by atoms with E-state index in [1.54, 1.807) is 12.0 Å². The first-order chi connectivity index (χ1) is 8.99. The van der Waals surface area contributed by atoms with Crippen LogP contribution in [-0.4, -0.2) is 38.9 Å². The first kappa shape index (κ1) is 13.7. The SMILES string of the molecule is CNCC1(C)CN(c2cc(C)ccc2OC)C(=O)O1. The van der Waals surface area contributed by atoms with E-state index in [-0.39, 0.29) is 6.09 Å². The average molecular weight is 264 g/mol. The Balaban J connectivity index is 2.32. The summed E-state index contributed by atoms with van der Waals surface area (Å²) in [5.74, 6) is 0.677. The van der Waals surface area contributed by atoms with E-state index in [0.717, 1.165) is 11.3 Å². The number of cyclic esters (lactones) is 1. The molecule has 1 saturated heterocycles. The highest BCUT2D eigenvalue weighted by Crippen LogP contribution is 2.34. The molecule has 1 N–H and O–H groups in total. The zero-order valence-corrected chi connectivity index (χ0v) is 11.8. The van der Waals surface area contributed by atoms with Gasteiger partial charge in [-0.15, -0.1) is 0 Å². The lowest BCUT2D eigenvalue weighted by molar-refractivity contribution is 0.0734. The maximum atomic E-state index is 12.1. The van der Waals surface area contributed by atoms with Gasteiger partial charge in [-0.1, -0.05) is 6.07 Å². The molecule has 19 heavy (non-hydrogen) atoms. The van der Waals surface area contributed by atoms with E-state index in [0.29, 0.717) is 18.8 Å². The third-order valence-corrected chi connectivity index (χ3v) is 3.22. The summed E-state index contributed by atoms with van der Waals surface area (Å²) in [7, 11) is 3.44. The highest BCUT2D eigenvalue weighted by molar-refractivity contribution is 5.92. The largest absolute Gasteiger partial charge is 0.495 e. The van der Waals surface area contributed by atoms with E-state index < -0.39 is 5.60 Å². The molecule has 1 amide bonds. The van der Waals surface area contributed by atoms with Gasteiger partial charge in [-0.05, 0) is 38.6 Å². The minimum Gasteiger partial charge on any atom is -0.495 e. The molecule has 1 aromatic rings. The number of anilines is 1. The predicted molar refractivity (Wildman–Crippen MR) is 73.9 cm³/mol. The number of carbonyl (C=O) groups is 1. The van der Waals surface area contributed by atoms with Crippen LogP contribution in [0.25, 0.3) is 0 Å². The molecular formula is C14H20N2O3. The summed E-state index contributed by atoms with van der Waals surface area (Å²) in [6, 6.07) is 5.76. The molecule has 1 heterocycles. The number of hydrogen-bond donors (Lipinski definition) is 1. The number of rotatable bonds is 4. The van der Waals surface area contributed by atoms with Crippen molar-refractivity contribution < 1.29 is 14.3 Å². The van der Waals surface area contributed by atoms with Crippen molar-refractivity contribution in [3.8, 4) is 5.75 Å². The molecule has 0 spiro atoms. The third kappa shape index (κ3) is 2.66. The van der Waals surface area contributed by atoms with Crippen molar-refractivity contribution in [2.45, 2.75) is 19.4 Å². The molecule has 1 unspecified atom stereocenters. The molecule has 0 bridgehead atoms. The van der Waals surface area contributed by atoms with Crippen molar-refractivity contribution >= 4 is 11.8 Å². The van der Waals surface area contributed by atoms with Crippen LogP contribution in [0.1, 0.15) is 12.5 Å². The number of methoxy groups -OCH3 is 1. The molecular weight excluding hydrogens is 244 g/mol. The Morgan fingerprint density at radius 2 is 2.26 bits per heavy atom. The van der Waals surface area contributed by atoms with Crippen LogP contribution in [0.3, 0.4) is 0 Å². The Kier molecular flexibility index (Phi) is 3.66. The van der Waals surface area contributed by atoms with E-state index in [1.165, 1.54) is 0 Å².